The van der Waals surface area contributed by atoms with Gasteiger partial charge in [0.1, 0.15) is 11.5 Å². The van der Waals surface area contributed by atoms with Gasteiger partial charge in [0, 0.05) is 21.4 Å². The lowest BCUT2D eigenvalue weighted by Gasteiger charge is -2.07. The maximum atomic E-state index is 12.2. The molecule has 0 spiro atoms. The van der Waals surface area contributed by atoms with Crippen LogP contribution < -0.4 is 11.1 Å². The van der Waals surface area contributed by atoms with Gasteiger partial charge < -0.3 is 15.5 Å². The van der Waals surface area contributed by atoms with E-state index in [4.69, 9.17) is 10.2 Å². The fourth-order valence-corrected chi connectivity index (χ4v) is 2.30. The Balaban J connectivity index is 2.28. The molecule has 0 unspecified atom stereocenters. The SMILES string of the molecule is Cc1oc(C)c(C(=O)Nc2ccc(N)c(Br)c2)c1C. The van der Waals surface area contributed by atoms with Gasteiger partial charge in [-0.15, -0.1) is 0 Å². The van der Waals surface area contributed by atoms with E-state index in [-0.39, 0.29) is 5.91 Å². The molecular weight excluding hydrogens is 308 g/mol. The van der Waals surface area contributed by atoms with Crippen LogP contribution in [0, 0.1) is 20.8 Å². The molecular formula is C14H15BrN2O2. The molecule has 0 saturated carbocycles. The lowest BCUT2D eigenvalue weighted by Crippen LogP contribution is -2.13. The Labute approximate surface area is 120 Å². The molecule has 0 saturated heterocycles. The van der Waals surface area contributed by atoms with Crippen LogP contribution in [0.15, 0.2) is 27.1 Å². The van der Waals surface area contributed by atoms with Crippen molar-refractivity contribution in [3.8, 4) is 0 Å². The lowest BCUT2D eigenvalue weighted by atomic mass is 10.1. The number of carbonyl (C=O) groups is 1. The summed E-state index contributed by atoms with van der Waals surface area (Å²) in [5, 5.41) is 2.84. The predicted octanol–water partition coefficient (Wildman–Crippen LogP) is 3.80. The largest absolute Gasteiger partial charge is 0.466 e. The van der Waals surface area contributed by atoms with E-state index in [1.165, 1.54) is 0 Å². The average Bonchev–Trinajstić information content (AvgIpc) is 2.58. The van der Waals surface area contributed by atoms with Crippen molar-refractivity contribution in [1.29, 1.82) is 0 Å². The van der Waals surface area contributed by atoms with E-state index in [1.54, 1.807) is 25.1 Å². The number of furan rings is 1. The van der Waals surface area contributed by atoms with Crippen molar-refractivity contribution in [3.63, 3.8) is 0 Å². The van der Waals surface area contributed by atoms with Crippen molar-refractivity contribution in [2.45, 2.75) is 20.8 Å². The summed E-state index contributed by atoms with van der Waals surface area (Å²) < 4.78 is 6.21. The second-order valence-electron chi connectivity index (χ2n) is 4.40. The van der Waals surface area contributed by atoms with Crippen molar-refractivity contribution in [3.05, 3.63) is 45.3 Å². The summed E-state index contributed by atoms with van der Waals surface area (Å²) in [6.45, 7) is 5.51. The summed E-state index contributed by atoms with van der Waals surface area (Å²) in [7, 11) is 0. The van der Waals surface area contributed by atoms with E-state index < -0.39 is 0 Å². The number of nitrogens with two attached hydrogens (primary N) is 1. The van der Waals surface area contributed by atoms with Crippen LogP contribution in [0.2, 0.25) is 0 Å². The van der Waals surface area contributed by atoms with Crippen molar-refractivity contribution in [1.82, 2.24) is 0 Å². The van der Waals surface area contributed by atoms with Gasteiger partial charge in [0.25, 0.3) is 5.91 Å². The van der Waals surface area contributed by atoms with E-state index in [0.29, 0.717) is 22.7 Å². The van der Waals surface area contributed by atoms with Gasteiger partial charge in [-0.05, 0) is 54.9 Å². The molecule has 0 aliphatic rings. The smallest absolute Gasteiger partial charge is 0.259 e. The first-order valence-electron chi connectivity index (χ1n) is 5.83. The Hall–Kier alpha value is -1.75. The van der Waals surface area contributed by atoms with Gasteiger partial charge in [0.05, 0.1) is 5.56 Å². The van der Waals surface area contributed by atoms with Gasteiger partial charge in [0.2, 0.25) is 0 Å². The Morgan fingerprint density at radius 2 is 1.95 bits per heavy atom. The molecule has 0 atom stereocenters. The molecule has 0 bridgehead atoms. The monoisotopic (exact) mass is 322 g/mol. The van der Waals surface area contributed by atoms with Crippen LogP contribution in [-0.2, 0) is 0 Å². The van der Waals surface area contributed by atoms with E-state index in [2.05, 4.69) is 21.2 Å². The van der Waals surface area contributed by atoms with Crippen LogP contribution in [0.1, 0.15) is 27.4 Å². The highest BCUT2D eigenvalue weighted by Gasteiger charge is 2.18. The maximum Gasteiger partial charge on any atom is 0.259 e. The Kier molecular flexibility index (Phi) is 3.66. The molecule has 3 N–H and O–H groups in total. The molecule has 0 aliphatic carbocycles. The molecule has 1 aromatic heterocycles. The third-order valence-electron chi connectivity index (χ3n) is 3.05. The van der Waals surface area contributed by atoms with Crippen LogP contribution in [0.5, 0.6) is 0 Å². The zero-order valence-corrected chi connectivity index (χ0v) is 12.6. The molecule has 4 nitrogen and oxygen atoms in total. The third-order valence-corrected chi connectivity index (χ3v) is 3.73. The zero-order chi connectivity index (χ0) is 14.2. The molecule has 2 rings (SSSR count). The van der Waals surface area contributed by atoms with E-state index in [9.17, 15) is 4.79 Å². The first kappa shape index (κ1) is 13.7. The average molecular weight is 323 g/mol. The highest BCUT2D eigenvalue weighted by atomic mass is 79.9. The molecule has 19 heavy (non-hydrogen) atoms. The first-order chi connectivity index (χ1) is 8.90. The maximum absolute atomic E-state index is 12.2. The molecule has 1 heterocycles. The fraction of sp³-hybridized carbons (Fsp3) is 0.214. The van der Waals surface area contributed by atoms with E-state index >= 15 is 0 Å². The predicted molar refractivity (Wildman–Crippen MR) is 79.4 cm³/mol. The van der Waals surface area contributed by atoms with Gasteiger partial charge in [0.15, 0.2) is 0 Å². The minimum Gasteiger partial charge on any atom is -0.466 e. The summed E-state index contributed by atoms with van der Waals surface area (Å²) in [6.07, 6.45) is 0. The summed E-state index contributed by atoms with van der Waals surface area (Å²) >= 11 is 3.33. The number of anilines is 2. The number of hydrogen-bond donors (Lipinski definition) is 2. The molecule has 100 valence electrons. The molecule has 1 amide bonds. The molecule has 0 radical (unpaired) electrons. The Bertz CT molecular complexity index is 647. The number of halogens is 1. The number of nitrogens with one attached hydrogen (secondary N) is 1. The summed E-state index contributed by atoms with van der Waals surface area (Å²) in [5.74, 6) is 1.21. The van der Waals surface area contributed by atoms with Crippen LogP contribution >= 0.6 is 15.9 Å². The Morgan fingerprint density at radius 1 is 1.26 bits per heavy atom. The van der Waals surface area contributed by atoms with Crippen molar-refractivity contribution < 1.29 is 9.21 Å². The standard InChI is InChI=1S/C14H15BrN2O2/c1-7-8(2)19-9(3)13(7)14(18)17-10-4-5-12(16)11(15)6-10/h4-6H,16H2,1-3H3,(H,17,18). The van der Waals surface area contributed by atoms with Crippen molar-refractivity contribution >= 4 is 33.2 Å². The molecule has 0 aliphatic heterocycles. The van der Waals surface area contributed by atoms with Crippen LogP contribution in [0.4, 0.5) is 11.4 Å². The van der Waals surface area contributed by atoms with Crippen LogP contribution in [0.25, 0.3) is 0 Å². The van der Waals surface area contributed by atoms with Gasteiger partial charge >= 0.3 is 0 Å². The van der Waals surface area contributed by atoms with Crippen LogP contribution in [0.3, 0.4) is 0 Å². The number of rotatable bonds is 2. The minimum absolute atomic E-state index is 0.177. The topological polar surface area (TPSA) is 68.3 Å². The number of nitrogen functional groups attached to an aromatic ring is 1. The third kappa shape index (κ3) is 2.66. The van der Waals surface area contributed by atoms with Gasteiger partial charge in [-0.2, -0.15) is 0 Å². The molecule has 1 aromatic carbocycles. The summed E-state index contributed by atoms with van der Waals surface area (Å²) in [5.41, 5.74) is 8.47. The van der Waals surface area contributed by atoms with E-state index in [1.807, 2.05) is 13.8 Å². The number of amides is 1. The lowest BCUT2D eigenvalue weighted by molar-refractivity contribution is 0.102. The second kappa shape index (κ2) is 5.09. The van der Waals surface area contributed by atoms with Crippen LogP contribution in [-0.4, -0.2) is 5.91 Å². The first-order valence-corrected chi connectivity index (χ1v) is 6.62. The second-order valence-corrected chi connectivity index (χ2v) is 5.26. The number of benzene rings is 1. The molecule has 2 aromatic rings. The van der Waals surface area contributed by atoms with E-state index in [0.717, 1.165) is 15.8 Å². The van der Waals surface area contributed by atoms with Gasteiger partial charge in [-0.25, -0.2) is 0 Å². The number of hydrogen-bond acceptors (Lipinski definition) is 3. The zero-order valence-electron chi connectivity index (χ0n) is 11.0. The highest BCUT2D eigenvalue weighted by molar-refractivity contribution is 9.10. The van der Waals surface area contributed by atoms with Crippen molar-refractivity contribution in [2.75, 3.05) is 11.1 Å². The van der Waals surface area contributed by atoms with Crippen molar-refractivity contribution in [2.24, 2.45) is 0 Å². The normalized spacial score (nSPS) is 10.5. The Morgan fingerprint density at radius 3 is 2.47 bits per heavy atom. The minimum atomic E-state index is -0.177. The van der Waals surface area contributed by atoms with Gasteiger partial charge in [-0.3, -0.25) is 4.79 Å². The number of carbonyl (C=O) groups excluding carboxylic acids is 1. The molecule has 5 heteroatoms. The summed E-state index contributed by atoms with van der Waals surface area (Å²) in [4.78, 5) is 12.2. The highest BCUT2D eigenvalue weighted by Crippen LogP contribution is 2.25. The van der Waals surface area contributed by atoms with Gasteiger partial charge in [-0.1, -0.05) is 0 Å². The fourth-order valence-electron chi connectivity index (χ4n) is 1.93. The molecule has 0 fully saturated rings. The number of aryl methyl sites for hydroxylation is 2. The summed E-state index contributed by atoms with van der Waals surface area (Å²) in [6, 6.07) is 5.26. The quantitative estimate of drug-likeness (QED) is 0.826.